The van der Waals surface area contributed by atoms with Crippen molar-refractivity contribution in [1.82, 2.24) is 9.80 Å². The van der Waals surface area contributed by atoms with Gasteiger partial charge >= 0.3 is 6.09 Å². The first-order chi connectivity index (χ1) is 15.4. The number of anilines is 1. The van der Waals surface area contributed by atoms with E-state index < -0.39 is 0 Å². The summed E-state index contributed by atoms with van der Waals surface area (Å²) in [6.07, 6.45) is 0.718. The summed E-state index contributed by atoms with van der Waals surface area (Å²) in [6.45, 7) is 7.01. The van der Waals surface area contributed by atoms with E-state index in [0.29, 0.717) is 43.8 Å². The Hall–Kier alpha value is -3.13. The number of carbonyl (C=O) groups is 3. The van der Waals surface area contributed by atoms with E-state index in [1.807, 2.05) is 49.6 Å². The van der Waals surface area contributed by atoms with Gasteiger partial charge in [0.05, 0.1) is 12.2 Å². The van der Waals surface area contributed by atoms with Crippen molar-refractivity contribution in [3.8, 4) is 0 Å². The van der Waals surface area contributed by atoms with Crippen LogP contribution in [0, 0.1) is 13.8 Å². The van der Waals surface area contributed by atoms with Crippen LogP contribution in [-0.2, 0) is 14.3 Å². The highest BCUT2D eigenvalue weighted by molar-refractivity contribution is 7.11. The van der Waals surface area contributed by atoms with Gasteiger partial charge in [0, 0.05) is 29.7 Å². The summed E-state index contributed by atoms with van der Waals surface area (Å²) in [5.74, 6) is -0.589. The molecule has 0 aliphatic carbocycles. The average molecular weight is 454 g/mol. The van der Waals surface area contributed by atoms with Gasteiger partial charge in [-0.15, -0.1) is 11.3 Å². The molecule has 1 saturated heterocycles. The molecule has 1 fully saturated rings. The monoisotopic (exact) mass is 453 g/mol. The molecule has 0 spiro atoms. The van der Waals surface area contributed by atoms with Gasteiger partial charge in [0.1, 0.15) is 5.70 Å². The van der Waals surface area contributed by atoms with Crippen molar-refractivity contribution in [3.63, 3.8) is 0 Å². The molecular formula is C24H27N3O4S. The Morgan fingerprint density at radius 2 is 1.88 bits per heavy atom. The molecule has 32 heavy (non-hydrogen) atoms. The number of nitrogens with one attached hydrogen (secondary N) is 1. The number of imide groups is 1. The first kappa shape index (κ1) is 22.1. The third-order valence-corrected chi connectivity index (χ3v) is 6.99. The molecule has 2 aliphatic rings. The summed E-state index contributed by atoms with van der Waals surface area (Å²) < 4.78 is 5.08. The van der Waals surface area contributed by atoms with Crippen molar-refractivity contribution in [3.05, 3.63) is 57.4 Å². The fraction of sp³-hybridized carbons (Fsp3) is 0.375. The Bertz CT molecular complexity index is 1070. The Morgan fingerprint density at radius 3 is 2.53 bits per heavy atom. The smallest absolute Gasteiger partial charge is 0.409 e. The maximum atomic E-state index is 13.5. The van der Waals surface area contributed by atoms with Gasteiger partial charge in [0.25, 0.3) is 11.8 Å². The van der Waals surface area contributed by atoms with E-state index >= 15 is 0 Å². The molecule has 8 heteroatoms. The minimum Gasteiger partial charge on any atom is -0.450 e. The normalized spacial score (nSPS) is 17.3. The Morgan fingerprint density at radius 1 is 1.12 bits per heavy atom. The number of hydrogen-bond donors (Lipinski definition) is 1. The first-order valence-electron chi connectivity index (χ1n) is 10.8. The molecule has 0 saturated carbocycles. The maximum Gasteiger partial charge on any atom is 0.409 e. The van der Waals surface area contributed by atoms with Crippen LogP contribution in [0.2, 0.25) is 0 Å². The van der Waals surface area contributed by atoms with Gasteiger partial charge in [-0.25, -0.2) is 4.79 Å². The number of piperidine rings is 1. The number of benzene rings is 1. The van der Waals surface area contributed by atoms with E-state index in [0.717, 1.165) is 21.7 Å². The van der Waals surface area contributed by atoms with Crippen LogP contribution in [0.3, 0.4) is 0 Å². The molecule has 2 aromatic rings. The fourth-order valence-corrected chi connectivity index (χ4v) is 4.95. The molecule has 2 aliphatic heterocycles. The van der Waals surface area contributed by atoms with Gasteiger partial charge in [-0.2, -0.15) is 0 Å². The van der Waals surface area contributed by atoms with Gasteiger partial charge in [0.2, 0.25) is 0 Å². The van der Waals surface area contributed by atoms with Crippen LogP contribution in [0.4, 0.5) is 10.5 Å². The number of carbonyl (C=O) groups excluding carboxylic acids is 3. The van der Waals surface area contributed by atoms with Crippen LogP contribution in [0.25, 0.3) is 5.57 Å². The SMILES string of the molecule is CCOC(=O)N1CCC(N2C(=O)C(Nc3cccc(C)c3C)=C(c3cccs3)C2=O)CC1. The lowest BCUT2D eigenvalue weighted by atomic mass is 10.0. The highest BCUT2D eigenvalue weighted by Crippen LogP contribution is 2.36. The zero-order valence-corrected chi connectivity index (χ0v) is 19.3. The lowest BCUT2D eigenvalue weighted by molar-refractivity contribution is -0.140. The number of ether oxygens (including phenoxy) is 1. The van der Waals surface area contributed by atoms with Crippen LogP contribution < -0.4 is 5.32 Å². The number of thiophene rings is 1. The second-order valence-corrected chi connectivity index (χ2v) is 8.94. The molecule has 1 aromatic carbocycles. The van der Waals surface area contributed by atoms with Crippen molar-refractivity contribution in [2.45, 2.75) is 39.7 Å². The number of nitrogens with zero attached hydrogens (tertiary/aromatic N) is 2. The van der Waals surface area contributed by atoms with E-state index in [9.17, 15) is 14.4 Å². The van der Waals surface area contributed by atoms with Crippen molar-refractivity contribution < 1.29 is 19.1 Å². The van der Waals surface area contributed by atoms with Crippen LogP contribution in [0.5, 0.6) is 0 Å². The summed E-state index contributed by atoms with van der Waals surface area (Å²) in [5.41, 5.74) is 3.69. The van der Waals surface area contributed by atoms with Crippen LogP contribution >= 0.6 is 11.3 Å². The van der Waals surface area contributed by atoms with Crippen LogP contribution in [0.15, 0.2) is 41.4 Å². The predicted molar refractivity (Wildman–Crippen MR) is 124 cm³/mol. The Labute approximate surface area is 191 Å². The fourth-order valence-electron chi connectivity index (χ4n) is 4.19. The molecule has 1 N–H and O–H groups in total. The lowest BCUT2D eigenvalue weighted by Crippen LogP contribution is -2.49. The highest BCUT2D eigenvalue weighted by atomic mass is 32.1. The molecule has 3 amide bonds. The van der Waals surface area contributed by atoms with E-state index in [2.05, 4.69) is 5.32 Å². The Kier molecular flexibility index (Phi) is 6.32. The standard InChI is InChI=1S/C24H27N3O4S/c1-4-31-24(30)26-12-10-17(11-13-26)27-22(28)20(19-9-6-14-32-19)21(23(27)29)25-18-8-5-7-15(2)16(18)3/h5-9,14,17,25H,4,10-13H2,1-3H3. The molecule has 1 aromatic heterocycles. The van der Waals surface area contributed by atoms with Crippen LogP contribution in [0.1, 0.15) is 35.8 Å². The molecule has 0 atom stereocenters. The first-order valence-corrected chi connectivity index (χ1v) is 11.7. The van der Waals surface area contributed by atoms with E-state index in [-0.39, 0.29) is 23.9 Å². The molecular weight excluding hydrogens is 426 g/mol. The third kappa shape index (κ3) is 4.02. The number of likely N-dealkylation sites (tertiary alicyclic amines) is 1. The molecule has 3 heterocycles. The summed E-state index contributed by atoms with van der Waals surface area (Å²) in [5, 5.41) is 5.17. The topological polar surface area (TPSA) is 79.0 Å². The molecule has 0 bridgehead atoms. The quantitative estimate of drug-likeness (QED) is 0.687. The maximum absolute atomic E-state index is 13.5. The lowest BCUT2D eigenvalue weighted by Gasteiger charge is -2.35. The van der Waals surface area contributed by atoms with E-state index in [1.165, 1.54) is 16.2 Å². The molecule has 168 valence electrons. The zero-order chi connectivity index (χ0) is 22.8. The zero-order valence-electron chi connectivity index (χ0n) is 18.5. The Balaban J connectivity index is 1.61. The second kappa shape index (κ2) is 9.16. The van der Waals surface area contributed by atoms with E-state index in [4.69, 9.17) is 4.74 Å². The number of aryl methyl sites for hydroxylation is 1. The summed E-state index contributed by atoms with van der Waals surface area (Å²) >= 11 is 1.44. The summed E-state index contributed by atoms with van der Waals surface area (Å²) in [4.78, 5) is 42.8. The molecule has 0 unspecified atom stereocenters. The van der Waals surface area contributed by atoms with Gasteiger partial charge in [-0.1, -0.05) is 18.2 Å². The molecule has 0 radical (unpaired) electrons. The van der Waals surface area contributed by atoms with Gasteiger partial charge in [-0.3, -0.25) is 14.5 Å². The number of amides is 3. The van der Waals surface area contributed by atoms with Crippen molar-refractivity contribution >= 4 is 40.5 Å². The van der Waals surface area contributed by atoms with Gasteiger partial charge < -0.3 is 15.0 Å². The number of hydrogen-bond acceptors (Lipinski definition) is 6. The second-order valence-electron chi connectivity index (χ2n) is 8.00. The predicted octanol–water partition coefficient (Wildman–Crippen LogP) is 4.18. The van der Waals surface area contributed by atoms with Crippen molar-refractivity contribution in [2.75, 3.05) is 25.0 Å². The van der Waals surface area contributed by atoms with Gasteiger partial charge in [-0.05, 0) is 62.3 Å². The van der Waals surface area contributed by atoms with E-state index in [1.54, 1.807) is 11.8 Å². The van der Waals surface area contributed by atoms with Crippen molar-refractivity contribution in [2.24, 2.45) is 0 Å². The van der Waals surface area contributed by atoms with Gasteiger partial charge in [0.15, 0.2) is 0 Å². The average Bonchev–Trinajstić information content (AvgIpc) is 3.38. The number of rotatable bonds is 5. The summed E-state index contributed by atoms with van der Waals surface area (Å²) in [6, 6.07) is 9.34. The minimum atomic E-state index is -0.347. The van der Waals surface area contributed by atoms with Crippen LogP contribution in [-0.4, -0.2) is 53.4 Å². The largest absolute Gasteiger partial charge is 0.450 e. The summed E-state index contributed by atoms with van der Waals surface area (Å²) in [7, 11) is 0. The molecule has 7 nitrogen and oxygen atoms in total. The van der Waals surface area contributed by atoms with Crippen molar-refractivity contribution in [1.29, 1.82) is 0 Å². The third-order valence-electron chi connectivity index (χ3n) is 6.10. The molecule has 4 rings (SSSR count). The highest BCUT2D eigenvalue weighted by Gasteiger charge is 2.44. The minimum absolute atomic E-state index is 0.256.